The first-order chi connectivity index (χ1) is 8.71. The number of hydrogen-bond donors (Lipinski definition) is 1. The zero-order valence-electron chi connectivity index (χ0n) is 10.2. The van der Waals surface area contributed by atoms with Gasteiger partial charge in [0.05, 0.1) is 11.9 Å². The van der Waals surface area contributed by atoms with Gasteiger partial charge < -0.3 is 5.73 Å². The molecule has 2 heterocycles. The number of primary amides is 1. The predicted molar refractivity (Wildman–Crippen MR) is 65.4 cm³/mol. The van der Waals surface area contributed by atoms with Crippen LogP contribution in [0.15, 0.2) is 36.8 Å². The second-order valence-corrected chi connectivity index (χ2v) is 4.04. The molecule has 1 amide bonds. The fourth-order valence-corrected chi connectivity index (χ4v) is 2.10. The van der Waals surface area contributed by atoms with Crippen LogP contribution in [-0.4, -0.2) is 25.9 Å². The number of nitrogens with two attached hydrogens (primary N) is 1. The summed E-state index contributed by atoms with van der Waals surface area (Å²) >= 11 is 0. The molecule has 0 saturated heterocycles. The van der Waals surface area contributed by atoms with Crippen molar-refractivity contribution in [2.75, 3.05) is 0 Å². The van der Waals surface area contributed by atoms with Gasteiger partial charge in [0.15, 0.2) is 5.54 Å². The maximum atomic E-state index is 12.0. The summed E-state index contributed by atoms with van der Waals surface area (Å²) in [7, 11) is 0. The molecule has 94 valence electrons. The van der Waals surface area contributed by atoms with Gasteiger partial charge in [-0.2, -0.15) is 0 Å². The summed E-state index contributed by atoms with van der Waals surface area (Å²) in [5, 5.41) is 7.69. The fourth-order valence-electron chi connectivity index (χ4n) is 2.10. The molecule has 0 aliphatic rings. The molecule has 2 rings (SSSR count). The summed E-state index contributed by atoms with van der Waals surface area (Å²) in [4.78, 5) is 16.3. The number of rotatable bonds is 5. The van der Waals surface area contributed by atoms with Crippen molar-refractivity contribution in [2.24, 2.45) is 5.73 Å². The minimum atomic E-state index is -1.06. The molecule has 6 heteroatoms. The number of pyridine rings is 1. The molecule has 0 aromatic carbocycles. The van der Waals surface area contributed by atoms with Crippen molar-refractivity contribution in [2.45, 2.75) is 25.3 Å². The van der Waals surface area contributed by atoms with Gasteiger partial charge in [-0.1, -0.05) is 24.6 Å². The monoisotopic (exact) mass is 245 g/mol. The number of nitrogens with zero attached hydrogens (tertiary/aromatic N) is 4. The third-order valence-corrected chi connectivity index (χ3v) is 2.92. The maximum absolute atomic E-state index is 12.0. The van der Waals surface area contributed by atoms with Crippen molar-refractivity contribution in [3.63, 3.8) is 0 Å². The predicted octanol–water partition coefficient (Wildman–Crippen LogP) is 0.702. The average Bonchev–Trinajstić information content (AvgIpc) is 2.90. The molecular formula is C12H15N5O. The van der Waals surface area contributed by atoms with Crippen LogP contribution in [0.3, 0.4) is 0 Å². The lowest BCUT2D eigenvalue weighted by Gasteiger charge is -2.29. The Bertz CT molecular complexity index is 511. The molecule has 0 aliphatic heterocycles. The molecule has 0 spiro atoms. The van der Waals surface area contributed by atoms with Crippen molar-refractivity contribution in [1.29, 1.82) is 0 Å². The van der Waals surface area contributed by atoms with Crippen LogP contribution in [0, 0.1) is 0 Å². The van der Waals surface area contributed by atoms with E-state index in [1.807, 2.05) is 13.0 Å². The second-order valence-electron chi connectivity index (χ2n) is 4.04. The minimum absolute atomic E-state index is 0.478. The highest BCUT2D eigenvalue weighted by Gasteiger charge is 2.42. The summed E-state index contributed by atoms with van der Waals surface area (Å²) < 4.78 is 1.49. The normalized spacial score (nSPS) is 14.1. The van der Waals surface area contributed by atoms with Gasteiger partial charge in [0.25, 0.3) is 5.91 Å². The van der Waals surface area contributed by atoms with E-state index in [1.54, 1.807) is 24.5 Å². The molecular weight excluding hydrogens is 230 g/mol. The summed E-state index contributed by atoms with van der Waals surface area (Å²) in [5.41, 5.74) is 5.14. The van der Waals surface area contributed by atoms with Crippen LogP contribution in [0.4, 0.5) is 0 Å². The molecule has 0 radical (unpaired) electrons. The fraction of sp³-hybridized carbons (Fsp3) is 0.333. The van der Waals surface area contributed by atoms with Gasteiger partial charge in [-0.25, -0.2) is 4.68 Å². The van der Waals surface area contributed by atoms with E-state index in [0.29, 0.717) is 12.1 Å². The highest BCUT2D eigenvalue weighted by atomic mass is 16.1. The average molecular weight is 245 g/mol. The van der Waals surface area contributed by atoms with Crippen LogP contribution < -0.4 is 5.73 Å². The lowest BCUT2D eigenvalue weighted by molar-refractivity contribution is -0.125. The van der Waals surface area contributed by atoms with Crippen LogP contribution in [0.1, 0.15) is 25.5 Å². The van der Waals surface area contributed by atoms with Crippen LogP contribution in [-0.2, 0) is 10.3 Å². The molecule has 0 bridgehead atoms. The van der Waals surface area contributed by atoms with Crippen molar-refractivity contribution < 1.29 is 4.79 Å². The molecule has 0 fully saturated rings. The third kappa shape index (κ3) is 1.85. The molecule has 18 heavy (non-hydrogen) atoms. The van der Waals surface area contributed by atoms with E-state index in [4.69, 9.17) is 5.73 Å². The smallest absolute Gasteiger partial charge is 0.251 e. The largest absolute Gasteiger partial charge is 0.367 e. The van der Waals surface area contributed by atoms with E-state index in [2.05, 4.69) is 15.3 Å². The summed E-state index contributed by atoms with van der Waals surface area (Å²) in [6.07, 6.45) is 6.10. The first-order valence-electron chi connectivity index (χ1n) is 5.80. The minimum Gasteiger partial charge on any atom is -0.367 e. The Morgan fingerprint density at radius 1 is 1.44 bits per heavy atom. The number of aromatic nitrogens is 4. The van der Waals surface area contributed by atoms with E-state index >= 15 is 0 Å². The lowest BCUT2D eigenvalue weighted by Crippen LogP contribution is -2.48. The van der Waals surface area contributed by atoms with Gasteiger partial charge in [-0.3, -0.25) is 9.78 Å². The Labute approximate surface area is 105 Å². The Morgan fingerprint density at radius 3 is 2.78 bits per heavy atom. The lowest BCUT2D eigenvalue weighted by atomic mass is 9.88. The van der Waals surface area contributed by atoms with Gasteiger partial charge in [0.1, 0.15) is 0 Å². The van der Waals surface area contributed by atoms with Crippen molar-refractivity contribution in [3.8, 4) is 0 Å². The molecule has 0 aliphatic carbocycles. The molecule has 1 unspecified atom stereocenters. The molecule has 2 aromatic rings. The van der Waals surface area contributed by atoms with Gasteiger partial charge in [0, 0.05) is 12.4 Å². The maximum Gasteiger partial charge on any atom is 0.251 e. The molecule has 0 saturated carbocycles. The van der Waals surface area contributed by atoms with Crippen molar-refractivity contribution in [1.82, 2.24) is 20.0 Å². The van der Waals surface area contributed by atoms with Gasteiger partial charge >= 0.3 is 0 Å². The van der Waals surface area contributed by atoms with Crippen molar-refractivity contribution >= 4 is 5.91 Å². The van der Waals surface area contributed by atoms with Gasteiger partial charge in [-0.15, -0.1) is 5.10 Å². The zero-order valence-corrected chi connectivity index (χ0v) is 10.2. The number of hydrogen-bond acceptors (Lipinski definition) is 4. The van der Waals surface area contributed by atoms with E-state index in [-0.39, 0.29) is 0 Å². The number of carbonyl (C=O) groups is 1. The first kappa shape index (κ1) is 12.2. The van der Waals surface area contributed by atoms with Gasteiger partial charge in [0.2, 0.25) is 0 Å². The van der Waals surface area contributed by atoms with E-state index < -0.39 is 11.4 Å². The van der Waals surface area contributed by atoms with Crippen molar-refractivity contribution in [3.05, 3.63) is 42.5 Å². The summed E-state index contributed by atoms with van der Waals surface area (Å²) in [6.45, 7) is 1.98. The quantitative estimate of drug-likeness (QED) is 0.840. The Hall–Kier alpha value is -2.24. The zero-order chi connectivity index (χ0) is 13.0. The SMILES string of the molecule is CCCC(C(N)=O)(c1ccccn1)n1ccnn1. The van der Waals surface area contributed by atoms with E-state index in [1.165, 1.54) is 10.9 Å². The molecule has 6 nitrogen and oxygen atoms in total. The van der Waals surface area contributed by atoms with Crippen LogP contribution >= 0.6 is 0 Å². The molecule has 1 atom stereocenters. The third-order valence-electron chi connectivity index (χ3n) is 2.92. The summed E-state index contributed by atoms with van der Waals surface area (Å²) in [6, 6.07) is 5.40. The standard InChI is InChI=1S/C12H15N5O/c1-2-6-12(11(13)18,17-9-8-15-16-17)10-5-3-4-7-14-10/h3-5,7-9H,2,6H2,1H3,(H2,13,18). The Kier molecular flexibility index (Phi) is 3.36. The molecule has 2 aromatic heterocycles. The second kappa shape index (κ2) is 4.95. The van der Waals surface area contributed by atoms with Crippen LogP contribution in [0.2, 0.25) is 0 Å². The Morgan fingerprint density at radius 2 is 2.28 bits per heavy atom. The topological polar surface area (TPSA) is 86.7 Å². The molecule has 2 N–H and O–H groups in total. The van der Waals surface area contributed by atoms with Crippen LogP contribution in [0.25, 0.3) is 0 Å². The van der Waals surface area contributed by atoms with E-state index in [0.717, 1.165) is 6.42 Å². The number of amides is 1. The highest BCUT2D eigenvalue weighted by Crippen LogP contribution is 2.28. The first-order valence-corrected chi connectivity index (χ1v) is 5.80. The van der Waals surface area contributed by atoms with Crippen LogP contribution in [0.5, 0.6) is 0 Å². The number of carbonyl (C=O) groups excluding carboxylic acids is 1. The van der Waals surface area contributed by atoms with E-state index in [9.17, 15) is 4.79 Å². The Balaban J connectivity index is 2.62. The summed E-state index contributed by atoms with van der Waals surface area (Å²) in [5.74, 6) is -0.478. The van der Waals surface area contributed by atoms with Gasteiger partial charge in [-0.05, 0) is 18.6 Å². The highest BCUT2D eigenvalue weighted by molar-refractivity contribution is 5.85.